The molecule has 4 nitrogen and oxygen atoms in total. The Balaban J connectivity index is 2.11. The Hall–Kier alpha value is -0.910. The fraction of sp³-hybridized carbons (Fsp3) is 0.462. The lowest BCUT2D eigenvalue weighted by Gasteiger charge is -2.23. The van der Waals surface area contributed by atoms with Crippen molar-refractivity contribution in [3.63, 3.8) is 0 Å². The molecule has 1 unspecified atom stereocenters. The van der Waals surface area contributed by atoms with Crippen LogP contribution >= 0.6 is 15.9 Å². The zero-order valence-electron chi connectivity index (χ0n) is 9.97. The number of ether oxygens (including phenoxy) is 1. The van der Waals surface area contributed by atoms with Gasteiger partial charge in [-0.25, -0.2) is 0 Å². The maximum Gasteiger partial charge on any atom is 0.0958 e. The molecule has 0 radical (unpaired) electrons. The second-order valence-electron chi connectivity index (χ2n) is 4.58. The van der Waals surface area contributed by atoms with Crippen LogP contribution in [0, 0.1) is 0 Å². The normalized spacial score (nSPS) is 20.4. The van der Waals surface area contributed by atoms with Gasteiger partial charge in [0.05, 0.1) is 30.5 Å². The third-order valence-electron chi connectivity index (χ3n) is 3.38. The van der Waals surface area contributed by atoms with Crippen molar-refractivity contribution >= 4 is 26.8 Å². The van der Waals surface area contributed by atoms with E-state index in [1.807, 2.05) is 22.9 Å². The highest BCUT2D eigenvalue weighted by atomic mass is 79.9. The largest absolute Gasteiger partial charge is 0.390 e. The topological polar surface area (TPSA) is 47.3 Å². The van der Waals surface area contributed by atoms with Gasteiger partial charge in [0.15, 0.2) is 0 Å². The number of halogens is 1. The lowest BCUT2D eigenvalue weighted by Crippen LogP contribution is -2.22. The van der Waals surface area contributed by atoms with E-state index in [1.165, 1.54) is 0 Å². The Bertz CT molecular complexity index is 561. The molecule has 1 aromatic carbocycles. The number of aliphatic hydroxyl groups excluding tert-OH is 1. The number of aromatic nitrogens is 2. The van der Waals surface area contributed by atoms with E-state index in [0.29, 0.717) is 6.61 Å². The van der Waals surface area contributed by atoms with Crippen LogP contribution in [0.1, 0.15) is 24.6 Å². The van der Waals surface area contributed by atoms with Gasteiger partial charge in [-0.15, -0.1) is 0 Å². The van der Waals surface area contributed by atoms with Crippen molar-refractivity contribution < 1.29 is 9.84 Å². The van der Waals surface area contributed by atoms with Gasteiger partial charge in [-0.1, -0.05) is 15.9 Å². The van der Waals surface area contributed by atoms with Crippen LogP contribution in [0.25, 0.3) is 10.9 Å². The van der Waals surface area contributed by atoms with Crippen molar-refractivity contribution in [1.29, 1.82) is 0 Å². The molecule has 96 valence electrons. The van der Waals surface area contributed by atoms with Crippen molar-refractivity contribution in [2.75, 3.05) is 13.2 Å². The molecule has 1 aliphatic rings. The van der Waals surface area contributed by atoms with Gasteiger partial charge in [-0.05, 0) is 31.0 Å². The van der Waals surface area contributed by atoms with Crippen molar-refractivity contribution in [3.05, 3.63) is 28.4 Å². The predicted molar refractivity (Wildman–Crippen MR) is 72.4 cm³/mol. The van der Waals surface area contributed by atoms with Crippen molar-refractivity contribution in [2.24, 2.45) is 0 Å². The molecule has 1 aromatic heterocycles. The average molecular weight is 311 g/mol. The van der Waals surface area contributed by atoms with Crippen molar-refractivity contribution in [1.82, 2.24) is 9.78 Å². The molecule has 0 amide bonds. The smallest absolute Gasteiger partial charge is 0.0958 e. The Labute approximate surface area is 114 Å². The number of nitrogens with zero attached hydrogens (tertiary/aromatic N) is 2. The quantitative estimate of drug-likeness (QED) is 0.927. The van der Waals surface area contributed by atoms with E-state index in [2.05, 4.69) is 21.0 Å². The highest BCUT2D eigenvalue weighted by Crippen LogP contribution is 2.28. The first kappa shape index (κ1) is 12.1. The molecule has 0 bridgehead atoms. The van der Waals surface area contributed by atoms with Crippen LogP contribution in [-0.2, 0) is 11.3 Å². The Morgan fingerprint density at radius 3 is 3.11 bits per heavy atom. The van der Waals surface area contributed by atoms with Crippen LogP contribution in [0.2, 0.25) is 0 Å². The molecule has 1 aliphatic heterocycles. The van der Waals surface area contributed by atoms with Gasteiger partial charge >= 0.3 is 0 Å². The zero-order valence-corrected chi connectivity index (χ0v) is 11.6. The molecule has 18 heavy (non-hydrogen) atoms. The molecule has 3 rings (SSSR count). The standard InChI is InChI=1S/C13H15BrN2O2/c14-9-3-4-13-11(6-9)12(7-17)15-16(13)10-2-1-5-18-8-10/h3-4,6,10,17H,1-2,5,7-8H2. The van der Waals surface area contributed by atoms with Crippen LogP contribution in [0.3, 0.4) is 0 Å². The number of hydrogen-bond acceptors (Lipinski definition) is 3. The van der Waals surface area contributed by atoms with E-state index in [0.717, 1.165) is 40.5 Å². The minimum Gasteiger partial charge on any atom is -0.390 e. The summed E-state index contributed by atoms with van der Waals surface area (Å²) in [5.41, 5.74) is 1.80. The molecule has 0 saturated carbocycles. The van der Waals surface area contributed by atoms with Gasteiger partial charge < -0.3 is 9.84 Å². The second-order valence-corrected chi connectivity index (χ2v) is 5.50. The fourth-order valence-corrected chi connectivity index (χ4v) is 2.85. The molecule has 1 N–H and O–H groups in total. The first-order valence-corrected chi connectivity index (χ1v) is 6.94. The monoisotopic (exact) mass is 310 g/mol. The highest BCUT2D eigenvalue weighted by Gasteiger charge is 2.20. The van der Waals surface area contributed by atoms with Crippen molar-refractivity contribution in [2.45, 2.75) is 25.5 Å². The lowest BCUT2D eigenvalue weighted by molar-refractivity contribution is 0.0561. The summed E-state index contributed by atoms with van der Waals surface area (Å²) in [6.45, 7) is 1.51. The first-order chi connectivity index (χ1) is 8.79. The van der Waals surface area contributed by atoms with Crippen LogP contribution in [0.15, 0.2) is 22.7 Å². The summed E-state index contributed by atoms with van der Waals surface area (Å²) in [6.07, 6.45) is 2.15. The Morgan fingerprint density at radius 2 is 2.39 bits per heavy atom. The van der Waals surface area contributed by atoms with E-state index >= 15 is 0 Å². The van der Waals surface area contributed by atoms with Crippen LogP contribution < -0.4 is 0 Å². The SMILES string of the molecule is OCc1nn(C2CCCOC2)c2ccc(Br)cc12. The van der Waals surface area contributed by atoms with Crippen LogP contribution in [-0.4, -0.2) is 28.1 Å². The molecular formula is C13H15BrN2O2. The summed E-state index contributed by atoms with van der Waals surface area (Å²) >= 11 is 3.46. The predicted octanol–water partition coefficient (Wildman–Crippen LogP) is 2.64. The Kier molecular flexibility index (Phi) is 3.37. The number of aliphatic hydroxyl groups is 1. The van der Waals surface area contributed by atoms with Gasteiger partial charge in [-0.3, -0.25) is 4.68 Å². The van der Waals surface area contributed by atoms with E-state index in [-0.39, 0.29) is 12.6 Å². The summed E-state index contributed by atoms with van der Waals surface area (Å²) in [6, 6.07) is 6.34. The van der Waals surface area contributed by atoms with Crippen LogP contribution in [0.4, 0.5) is 0 Å². The van der Waals surface area contributed by atoms with Crippen LogP contribution in [0.5, 0.6) is 0 Å². The third-order valence-corrected chi connectivity index (χ3v) is 3.87. The van der Waals surface area contributed by atoms with Gasteiger partial charge in [0, 0.05) is 16.5 Å². The molecular weight excluding hydrogens is 296 g/mol. The van der Waals surface area contributed by atoms with Gasteiger partial charge in [-0.2, -0.15) is 5.10 Å². The number of fused-ring (bicyclic) bond motifs is 1. The summed E-state index contributed by atoms with van der Waals surface area (Å²) in [5, 5.41) is 15.0. The van der Waals surface area contributed by atoms with Gasteiger partial charge in [0.2, 0.25) is 0 Å². The third kappa shape index (κ3) is 2.06. The average Bonchev–Trinajstić information content (AvgIpc) is 2.77. The highest BCUT2D eigenvalue weighted by molar-refractivity contribution is 9.10. The minimum absolute atomic E-state index is 0.0342. The van der Waals surface area contributed by atoms with Gasteiger partial charge in [0.1, 0.15) is 0 Å². The molecule has 2 heterocycles. The summed E-state index contributed by atoms with van der Waals surface area (Å²) in [5.74, 6) is 0. The maximum atomic E-state index is 9.42. The molecule has 0 aliphatic carbocycles. The minimum atomic E-state index is -0.0342. The number of benzene rings is 1. The van der Waals surface area contributed by atoms with Gasteiger partial charge in [0.25, 0.3) is 0 Å². The van der Waals surface area contributed by atoms with Crippen molar-refractivity contribution in [3.8, 4) is 0 Å². The molecule has 1 saturated heterocycles. The van der Waals surface area contributed by atoms with E-state index < -0.39 is 0 Å². The zero-order chi connectivity index (χ0) is 12.5. The first-order valence-electron chi connectivity index (χ1n) is 6.15. The Morgan fingerprint density at radius 1 is 1.50 bits per heavy atom. The van der Waals surface area contributed by atoms with E-state index in [9.17, 15) is 5.11 Å². The molecule has 0 spiro atoms. The number of rotatable bonds is 2. The molecule has 1 atom stereocenters. The summed E-state index contributed by atoms with van der Waals surface area (Å²) < 4.78 is 8.53. The lowest BCUT2D eigenvalue weighted by atomic mass is 10.1. The number of hydrogen-bond donors (Lipinski definition) is 1. The fourth-order valence-electron chi connectivity index (χ4n) is 2.49. The maximum absolute atomic E-state index is 9.42. The molecule has 2 aromatic rings. The molecule has 5 heteroatoms. The second kappa shape index (κ2) is 4.99. The summed E-state index contributed by atoms with van der Waals surface area (Å²) in [7, 11) is 0. The molecule has 1 fully saturated rings. The van der Waals surface area contributed by atoms with E-state index in [4.69, 9.17) is 4.74 Å². The summed E-state index contributed by atoms with van der Waals surface area (Å²) in [4.78, 5) is 0. The van der Waals surface area contributed by atoms with E-state index in [1.54, 1.807) is 0 Å².